The number of piperazine rings is 1. The summed E-state index contributed by atoms with van der Waals surface area (Å²) in [5, 5.41) is 7.18. The number of likely N-dealkylation sites (N-methyl/N-ethyl adjacent to an activating group) is 1. The summed E-state index contributed by atoms with van der Waals surface area (Å²) in [6.45, 7) is 2.57. The summed E-state index contributed by atoms with van der Waals surface area (Å²) < 4.78 is 53.2. The van der Waals surface area contributed by atoms with Crippen LogP contribution in [-0.4, -0.2) is 71.7 Å². The molecule has 2 unspecified atom stereocenters. The first-order valence-electron chi connectivity index (χ1n) is 10.1. The Balaban J connectivity index is 1.44. The van der Waals surface area contributed by atoms with Crippen molar-refractivity contribution >= 4 is 11.7 Å². The number of fused-ring (bicyclic) bond motifs is 2. The summed E-state index contributed by atoms with van der Waals surface area (Å²) in [5.41, 5.74) is 0.672. The maximum absolute atomic E-state index is 13.9. The molecule has 2 atom stereocenters. The molecule has 1 amide bonds. The van der Waals surface area contributed by atoms with Gasteiger partial charge in [0.15, 0.2) is 23.2 Å². The number of ether oxygens (including phenoxy) is 2. The van der Waals surface area contributed by atoms with Crippen molar-refractivity contribution < 1.29 is 27.4 Å². The van der Waals surface area contributed by atoms with E-state index < -0.39 is 18.3 Å². The number of halogens is 3. The van der Waals surface area contributed by atoms with Gasteiger partial charge >= 0.3 is 6.18 Å². The minimum absolute atomic E-state index is 0.0210. The first-order chi connectivity index (χ1) is 14.8. The standard InChI is InChI=1S/C20H22F3N5O3/c1-26-4-6-27(7-5-26)19(29)14-10-18-24-13(9-17(20(21,22)23)28(18)25-14)12-2-3-15-16(8-12)31-11-30-15/h2-3,8,10,13,17,24H,4-7,9,11H2,1H3. The lowest BCUT2D eigenvalue weighted by molar-refractivity contribution is -0.173. The minimum atomic E-state index is -4.51. The second-order valence-corrected chi connectivity index (χ2v) is 8.06. The summed E-state index contributed by atoms with van der Waals surface area (Å²) in [5.74, 6) is 0.899. The predicted octanol–water partition coefficient (Wildman–Crippen LogP) is 2.66. The van der Waals surface area contributed by atoms with Crippen LogP contribution in [0.1, 0.15) is 34.6 Å². The number of nitrogens with zero attached hydrogens (tertiary/aromatic N) is 4. The highest BCUT2D eigenvalue weighted by atomic mass is 19.4. The van der Waals surface area contributed by atoms with Crippen LogP contribution < -0.4 is 14.8 Å². The second kappa shape index (κ2) is 7.33. The Morgan fingerprint density at radius 1 is 1.13 bits per heavy atom. The van der Waals surface area contributed by atoms with E-state index >= 15 is 0 Å². The summed E-state index contributed by atoms with van der Waals surface area (Å²) in [6, 6.07) is 4.07. The summed E-state index contributed by atoms with van der Waals surface area (Å²) >= 11 is 0. The lowest BCUT2D eigenvalue weighted by Crippen LogP contribution is -2.47. The highest BCUT2D eigenvalue weighted by Gasteiger charge is 2.47. The molecule has 8 nitrogen and oxygen atoms in total. The van der Waals surface area contributed by atoms with Crippen molar-refractivity contribution in [2.24, 2.45) is 0 Å². The average Bonchev–Trinajstić information content (AvgIpc) is 3.38. The number of anilines is 1. The molecule has 0 saturated carbocycles. The highest BCUT2D eigenvalue weighted by Crippen LogP contribution is 2.45. The molecule has 166 valence electrons. The molecule has 11 heteroatoms. The van der Waals surface area contributed by atoms with Crippen LogP contribution in [0.3, 0.4) is 0 Å². The molecule has 1 fully saturated rings. The van der Waals surface area contributed by atoms with Gasteiger partial charge < -0.3 is 24.6 Å². The van der Waals surface area contributed by atoms with Gasteiger partial charge in [0.25, 0.3) is 5.91 Å². The van der Waals surface area contributed by atoms with E-state index in [-0.39, 0.29) is 30.6 Å². The predicted molar refractivity (Wildman–Crippen MR) is 104 cm³/mol. The molecule has 0 aliphatic carbocycles. The van der Waals surface area contributed by atoms with E-state index in [2.05, 4.69) is 15.3 Å². The Morgan fingerprint density at radius 2 is 1.87 bits per heavy atom. The van der Waals surface area contributed by atoms with Crippen LogP contribution in [0.25, 0.3) is 0 Å². The number of carbonyl (C=O) groups is 1. The van der Waals surface area contributed by atoms with Gasteiger partial charge in [0.1, 0.15) is 5.82 Å². The molecule has 4 heterocycles. The Kier molecular flexibility index (Phi) is 4.72. The monoisotopic (exact) mass is 437 g/mol. The van der Waals surface area contributed by atoms with Gasteiger partial charge in [-0.3, -0.25) is 4.79 Å². The Hall–Kier alpha value is -2.95. The van der Waals surface area contributed by atoms with Crippen molar-refractivity contribution in [3.05, 3.63) is 35.5 Å². The fourth-order valence-corrected chi connectivity index (χ4v) is 4.20. The third kappa shape index (κ3) is 3.67. The number of nitrogens with one attached hydrogen (secondary N) is 1. The number of rotatable bonds is 2. The van der Waals surface area contributed by atoms with E-state index in [0.717, 1.165) is 17.8 Å². The van der Waals surface area contributed by atoms with E-state index in [1.807, 2.05) is 7.05 Å². The zero-order chi connectivity index (χ0) is 21.8. The maximum atomic E-state index is 13.9. The molecule has 5 rings (SSSR count). The highest BCUT2D eigenvalue weighted by molar-refractivity contribution is 5.93. The normalized spacial score (nSPS) is 23.4. The number of alkyl halides is 3. The molecule has 3 aliphatic rings. The van der Waals surface area contributed by atoms with Crippen LogP contribution in [-0.2, 0) is 0 Å². The molecular weight excluding hydrogens is 415 g/mol. The van der Waals surface area contributed by atoms with Crippen molar-refractivity contribution in [3.63, 3.8) is 0 Å². The third-order valence-electron chi connectivity index (χ3n) is 6.00. The quantitative estimate of drug-likeness (QED) is 0.779. The molecule has 3 aliphatic heterocycles. The van der Waals surface area contributed by atoms with Crippen LogP contribution in [0.2, 0.25) is 0 Å². The van der Waals surface area contributed by atoms with Crippen LogP contribution in [0.15, 0.2) is 24.3 Å². The van der Waals surface area contributed by atoms with E-state index in [0.29, 0.717) is 30.2 Å². The molecule has 1 N–H and O–H groups in total. The van der Waals surface area contributed by atoms with Crippen molar-refractivity contribution in [3.8, 4) is 11.5 Å². The van der Waals surface area contributed by atoms with Crippen LogP contribution in [0.5, 0.6) is 11.5 Å². The average molecular weight is 437 g/mol. The molecule has 1 aromatic heterocycles. The fraction of sp³-hybridized carbons (Fsp3) is 0.500. The molecule has 31 heavy (non-hydrogen) atoms. The number of carbonyl (C=O) groups excluding carboxylic acids is 1. The minimum Gasteiger partial charge on any atom is -0.454 e. The van der Waals surface area contributed by atoms with Gasteiger partial charge in [0.05, 0.1) is 6.04 Å². The first kappa shape index (κ1) is 20.0. The number of aromatic nitrogens is 2. The number of benzene rings is 1. The number of hydrogen-bond donors (Lipinski definition) is 1. The zero-order valence-corrected chi connectivity index (χ0v) is 16.9. The van der Waals surface area contributed by atoms with E-state index in [1.165, 1.54) is 6.07 Å². The van der Waals surface area contributed by atoms with Gasteiger partial charge in [-0.05, 0) is 24.7 Å². The zero-order valence-electron chi connectivity index (χ0n) is 16.9. The Bertz CT molecular complexity index is 1000. The van der Waals surface area contributed by atoms with Gasteiger partial charge in [-0.1, -0.05) is 6.07 Å². The van der Waals surface area contributed by atoms with Crippen LogP contribution in [0, 0.1) is 0 Å². The van der Waals surface area contributed by atoms with Gasteiger partial charge in [-0.2, -0.15) is 18.3 Å². The number of amides is 1. The SMILES string of the molecule is CN1CCN(C(=O)c2cc3n(n2)C(C(F)(F)F)CC(c2ccc4c(c2)OCO4)N3)CC1. The molecule has 1 aromatic carbocycles. The fourth-order valence-electron chi connectivity index (χ4n) is 4.20. The van der Waals surface area contributed by atoms with E-state index in [4.69, 9.17) is 9.47 Å². The molecule has 0 spiro atoms. The lowest BCUT2D eigenvalue weighted by atomic mass is 9.96. The maximum Gasteiger partial charge on any atom is 0.410 e. The first-order valence-corrected chi connectivity index (χ1v) is 10.1. The van der Waals surface area contributed by atoms with E-state index in [9.17, 15) is 18.0 Å². The number of hydrogen-bond acceptors (Lipinski definition) is 6. The molecular formula is C20H22F3N5O3. The molecule has 0 bridgehead atoms. The van der Waals surface area contributed by atoms with Crippen molar-refractivity contribution in [1.82, 2.24) is 19.6 Å². The van der Waals surface area contributed by atoms with E-state index in [1.54, 1.807) is 23.1 Å². The van der Waals surface area contributed by atoms with Crippen LogP contribution >= 0.6 is 0 Å². The van der Waals surface area contributed by atoms with Crippen molar-refractivity contribution in [2.75, 3.05) is 45.3 Å². The van der Waals surface area contributed by atoms with Crippen LogP contribution in [0.4, 0.5) is 19.0 Å². The van der Waals surface area contributed by atoms with Crippen molar-refractivity contribution in [2.45, 2.75) is 24.7 Å². The smallest absolute Gasteiger partial charge is 0.410 e. The third-order valence-corrected chi connectivity index (χ3v) is 6.00. The van der Waals surface area contributed by atoms with Gasteiger partial charge in [0.2, 0.25) is 6.79 Å². The Labute approximate surface area is 176 Å². The van der Waals surface area contributed by atoms with Crippen molar-refractivity contribution in [1.29, 1.82) is 0 Å². The topological polar surface area (TPSA) is 71.9 Å². The Morgan fingerprint density at radius 3 is 2.61 bits per heavy atom. The second-order valence-electron chi connectivity index (χ2n) is 8.06. The summed E-state index contributed by atoms with van der Waals surface area (Å²) in [6.07, 6.45) is -4.76. The molecule has 1 saturated heterocycles. The van der Waals surface area contributed by atoms with Gasteiger partial charge in [0, 0.05) is 38.7 Å². The van der Waals surface area contributed by atoms with Gasteiger partial charge in [-0.25, -0.2) is 4.68 Å². The summed E-state index contributed by atoms with van der Waals surface area (Å²) in [7, 11) is 1.96. The molecule has 2 aromatic rings. The van der Waals surface area contributed by atoms with Gasteiger partial charge in [-0.15, -0.1) is 0 Å². The summed E-state index contributed by atoms with van der Waals surface area (Å²) in [4.78, 5) is 16.6. The lowest BCUT2D eigenvalue weighted by Gasteiger charge is -2.33. The molecule has 0 radical (unpaired) electrons. The largest absolute Gasteiger partial charge is 0.454 e.